The molecule has 0 saturated heterocycles. The van der Waals surface area contributed by atoms with Crippen molar-refractivity contribution < 1.29 is 0 Å². The Labute approximate surface area is 65.0 Å². The van der Waals surface area contributed by atoms with Crippen molar-refractivity contribution in [2.45, 2.75) is 24.3 Å². The van der Waals surface area contributed by atoms with Crippen LogP contribution in [0, 0.1) is 0 Å². The molecule has 1 nitrogen and oxygen atoms in total. The van der Waals surface area contributed by atoms with Gasteiger partial charge in [0.2, 0.25) is 0 Å². The highest BCUT2D eigenvalue weighted by Gasteiger charge is 2.14. The maximum Gasteiger partial charge on any atom is 0.103 e. The highest BCUT2D eigenvalue weighted by atomic mass is 35.5. The molecule has 1 aliphatic rings. The van der Waals surface area contributed by atoms with Crippen molar-refractivity contribution in [3.05, 3.63) is 11.6 Å². The third-order valence-corrected chi connectivity index (χ3v) is 1.80. The highest BCUT2D eigenvalue weighted by Crippen LogP contribution is 2.16. The Morgan fingerprint density at radius 1 is 1.67 bits per heavy atom. The Bertz CT molecular complexity index is 133. The van der Waals surface area contributed by atoms with Crippen molar-refractivity contribution in [2.24, 2.45) is 0 Å². The molecule has 0 bridgehead atoms. The molecule has 0 fully saturated rings. The van der Waals surface area contributed by atoms with Gasteiger partial charge in [-0.2, -0.15) is 0 Å². The summed E-state index contributed by atoms with van der Waals surface area (Å²) >= 11 is 11.5. The predicted octanol–water partition coefficient (Wildman–Crippen LogP) is 2.06. The summed E-state index contributed by atoms with van der Waals surface area (Å²) < 4.78 is 0. The fourth-order valence-electron chi connectivity index (χ4n) is 0.880. The normalized spacial score (nSPS) is 36.1. The molecule has 1 rings (SSSR count). The summed E-state index contributed by atoms with van der Waals surface area (Å²) in [4.78, 5) is 0. The minimum atomic E-state index is -0.0822. The average Bonchev–Trinajstić information content (AvgIpc) is 1.59. The molecular weight excluding hydrogens is 157 g/mol. The molecule has 0 spiro atoms. The number of halogens is 2. The van der Waals surface area contributed by atoms with Crippen molar-refractivity contribution in [1.82, 2.24) is 5.32 Å². The summed E-state index contributed by atoms with van der Waals surface area (Å²) in [6.07, 6.45) is 2.87. The lowest BCUT2D eigenvalue weighted by molar-refractivity contribution is 0.619. The van der Waals surface area contributed by atoms with Crippen LogP contribution in [0.25, 0.3) is 0 Å². The van der Waals surface area contributed by atoms with E-state index < -0.39 is 0 Å². The monoisotopic (exact) mass is 165 g/mol. The van der Waals surface area contributed by atoms with Crippen molar-refractivity contribution in [3.63, 3.8) is 0 Å². The molecular formula is C6H9Cl2N. The summed E-state index contributed by atoms with van der Waals surface area (Å²) in [6, 6.07) is 0. The molecule has 0 aromatic heterocycles. The lowest BCUT2D eigenvalue weighted by Gasteiger charge is -2.20. The van der Waals surface area contributed by atoms with E-state index in [1.807, 2.05) is 13.0 Å². The van der Waals surface area contributed by atoms with Gasteiger partial charge in [0.15, 0.2) is 0 Å². The zero-order valence-electron chi connectivity index (χ0n) is 5.20. The van der Waals surface area contributed by atoms with Gasteiger partial charge in [-0.15, -0.1) is 23.2 Å². The lowest BCUT2D eigenvalue weighted by Crippen LogP contribution is -2.33. The molecule has 2 atom stereocenters. The Kier molecular flexibility index (Phi) is 2.39. The number of hydrogen-bond acceptors (Lipinski definition) is 1. The molecule has 52 valence electrons. The van der Waals surface area contributed by atoms with Gasteiger partial charge in [0, 0.05) is 0 Å². The van der Waals surface area contributed by atoms with Gasteiger partial charge in [-0.25, -0.2) is 0 Å². The molecule has 0 saturated carbocycles. The van der Waals surface area contributed by atoms with Crippen molar-refractivity contribution in [3.8, 4) is 0 Å². The van der Waals surface area contributed by atoms with Crippen molar-refractivity contribution >= 4 is 23.2 Å². The van der Waals surface area contributed by atoms with Gasteiger partial charge in [0.1, 0.15) is 5.50 Å². The van der Waals surface area contributed by atoms with E-state index in [9.17, 15) is 0 Å². The van der Waals surface area contributed by atoms with Crippen LogP contribution in [0.2, 0.25) is 0 Å². The number of nitrogens with one attached hydrogen (secondary N) is 1. The van der Waals surface area contributed by atoms with Crippen LogP contribution in [0.5, 0.6) is 0 Å². The minimum Gasteiger partial charge on any atom is -0.282 e. The summed E-state index contributed by atoms with van der Waals surface area (Å²) in [5.74, 6) is 0. The van der Waals surface area contributed by atoms with Crippen LogP contribution in [0.15, 0.2) is 11.6 Å². The fourth-order valence-corrected chi connectivity index (χ4v) is 1.69. The SMILES string of the molecule is CC1=CC(Cl)NC(Cl)C1. The van der Waals surface area contributed by atoms with Crippen LogP contribution in [-0.4, -0.2) is 11.0 Å². The third-order valence-electron chi connectivity index (χ3n) is 1.27. The molecule has 1 heterocycles. The highest BCUT2D eigenvalue weighted by molar-refractivity contribution is 6.24. The van der Waals surface area contributed by atoms with Gasteiger partial charge in [-0.05, 0) is 13.3 Å². The van der Waals surface area contributed by atoms with Gasteiger partial charge >= 0.3 is 0 Å². The lowest BCUT2D eigenvalue weighted by atomic mass is 10.1. The van der Waals surface area contributed by atoms with E-state index in [1.165, 1.54) is 5.57 Å². The molecule has 3 heteroatoms. The first kappa shape index (κ1) is 7.39. The zero-order valence-corrected chi connectivity index (χ0v) is 6.71. The second kappa shape index (κ2) is 2.91. The molecule has 1 aliphatic heterocycles. The molecule has 1 N–H and O–H groups in total. The quantitative estimate of drug-likeness (QED) is 0.330. The standard InChI is InChI=1S/C6H9Cl2N/c1-4-2-5(7)9-6(8)3-4/h2,5-6,9H,3H2,1H3. The van der Waals surface area contributed by atoms with E-state index in [-0.39, 0.29) is 11.0 Å². The first-order valence-electron chi connectivity index (χ1n) is 2.90. The van der Waals surface area contributed by atoms with E-state index in [1.54, 1.807) is 0 Å². The summed E-state index contributed by atoms with van der Waals surface area (Å²) in [5.41, 5.74) is 1.19. The van der Waals surface area contributed by atoms with E-state index in [0.29, 0.717) is 0 Å². The van der Waals surface area contributed by atoms with Crippen molar-refractivity contribution in [2.75, 3.05) is 0 Å². The summed E-state index contributed by atoms with van der Waals surface area (Å²) in [6.45, 7) is 2.03. The molecule has 0 aliphatic carbocycles. The van der Waals surface area contributed by atoms with Crippen LogP contribution in [-0.2, 0) is 0 Å². The predicted molar refractivity (Wildman–Crippen MR) is 40.8 cm³/mol. The van der Waals surface area contributed by atoms with E-state index in [0.717, 1.165) is 6.42 Å². The number of hydrogen-bond donors (Lipinski definition) is 1. The zero-order chi connectivity index (χ0) is 6.85. The fraction of sp³-hybridized carbons (Fsp3) is 0.667. The summed E-state index contributed by atoms with van der Waals surface area (Å²) in [7, 11) is 0. The van der Waals surface area contributed by atoms with Crippen LogP contribution >= 0.6 is 23.2 Å². The molecule has 0 aromatic rings. The van der Waals surface area contributed by atoms with Gasteiger partial charge in [-0.3, -0.25) is 5.32 Å². The Morgan fingerprint density at radius 2 is 2.33 bits per heavy atom. The van der Waals surface area contributed by atoms with E-state index >= 15 is 0 Å². The van der Waals surface area contributed by atoms with E-state index in [4.69, 9.17) is 23.2 Å². The second-order valence-corrected chi connectivity index (χ2v) is 3.25. The van der Waals surface area contributed by atoms with Crippen LogP contribution < -0.4 is 5.32 Å². The molecule has 9 heavy (non-hydrogen) atoms. The van der Waals surface area contributed by atoms with Crippen LogP contribution in [0.4, 0.5) is 0 Å². The largest absolute Gasteiger partial charge is 0.282 e. The molecule has 0 radical (unpaired) electrons. The maximum atomic E-state index is 5.77. The average molecular weight is 166 g/mol. The number of alkyl halides is 2. The van der Waals surface area contributed by atoms with Gasteiger partial charge in [0.05, 0.1) is 5.50 Å². The van der Waals surface area contributed by atoms with Gasteiger partial charge in [-0.1, -0.05) is 11.6 Å². The van der Waals surface area contributed by atoms with Crippen molar-refractivity contribution in [1.29, 1.82) is 0 Å². The summed E-state index contributed by atoms with van der Waals surface area (Å²) in [5, 5.41) is 2.96. The molecule has 2 unspecified atom stereocenters. The Balaban J connectivity index is 2.56. The first-order chi connectivity index (χ1) is 4.18. The van der Waals surface area contributed by atoms with E-state index in [2.05, 4.69) is 5.32 Å². The number of rotatable bonds is 0. The third kappa shape index (κ3) is 2.17. The van der Waals surface area contributed by atoms with Gasteiger partial charge < -0.3 is 0 Å². The second-order valence-electron chi connectivity index (χ2n) is 2.25. The topological polar surface area (TPSA) is 12.0 Å². The van der Waals surface area contributed by atoms with Gasteiger partial charge in [0.25, 0.3) is 0 Å². The molecule has 0 amide bonds. The smallest absolute Gasteiger partial charge is 0.103 e. The first-order valence-corrected chi connectivity index (χ1v) is 3.77. The Hall–Kier alpha value is 0.280. The van der Waals surface area contributed by atoms with Crippen LogP contribution in [0.3, 0.4) is 0 Å². The Morgan fingerprint density at radius 3 is 2.78 bits per heavy atom. The molecule has 0 aromatic carbocycles. The maximum absolute atomic E-state index is 5.77. The van der Waals surface area contributed by atoms with Crippen LogP contribution in [0.1, 0.15) is 13.3 Å². The minimum absolute atomic E-state index is 0.0116.